The van der Waals surface area contributed by atoms with Crippen molar-refractivity contribution in [1.82, 2.24) is 10.2 Å². The van der Waals surface area contributed by atoms with Crippen molar-refractivity contribution >= 4 is 23.1 Å². The molecule has 0 amide bonds. The van der Waals surface area contributed by atoms with E-state index >= 15 is 0 Å². The molecule has 160 valence electrons. The summed E-state index contributed by atoms with van der Waals surface area (Å²) in [5, 5.41) is 13.6. The zero-order valence-electron chi connectivity index (χ0n) is 16.8. The topological polar surface area (TPSA) is 87.6 Å². The number of hydrogen-bond donors (Lipinski definition) is 3. The van der Waals surface area contributed by atoms with Crippen molar-refractivity contribution in [2.24, 2.45) is 5.92 Å². The summed E-state index contributed by atoms with van der Waals surface area (Å²) in [6, 6.07) is 10.9. The lowest BCUT2D eigenvalue weighted by molar-refractivity contribution is -0.826. The van der Waals surface area contributed by atoms with Gasteiger partial charge in [-0.1, -0.05) is 11.6 Å². The Labute approximate surface area is 180 Å². The van der Waals surface area contributed by atoms with Crippen molar-refractivity contribution < 1.29 is 25.0 Å². The number of ketones is 1. The highest BCUT2D eigenvalue weighted by Crippen LogP contribution is 2.35. The number of fused-ring (bicyclic) bond motifs is 1. The van der Waals surface area contributed by atoms with Crippen LogP contribution < -0.4 is 20.3 Å². The molecule has 1 saturated heterocycles. The second-order valence-electron chi connectivity index (χ2n) is 7.70. The first-order chi connectivity index (χ1) is 14.6. The number of benzene rings is 2. The molecule has 4 rings (SSSR count). The Morgan fingerprint density at radius 1 is 1.17 bits per heavy atom. The molecule has 8 heteroatoms. The lowest BCUT2D eigenvalue weighted by Crippen LogP contribution is -2.74. The van der Waals surface area contributed by atoms with Gasteiger partial charge in [0.15, 0.2) is 23.0 Å². The van der Waals surface area contributed by atoms with Gasteiger partial charge in [-0.2, -0.15) is 5.48 Å². The summed E-state index contributed by atoms with van der Waals surface area (Å²) in [5.74, 6) is 1.69. The van der Waals surface area contributed by atoms with Crippen LogP contribution in [0, 0.1) is 5.92 Å². The first kappa shape index (κ1) is 21.1. The van der Waals surface area contributed by atoms with E-state index in [-0.39, 0.29) is 18.5 Å². The van der Waals surface area contributed by atoms with E-state index in [9.17, 15) is 10.0 Å². The van der Waals surface area contributed by atoms with E-state index in [4.69, 9.17) is 21.1 Å². The van der Waals surface area contributed by atoms with Gasteiger partial charge in [0.05, 0.1) is 0 Å². The maximum atomic E-state index is 12.7. The maximum Gasteiger partial charge on any atom is 0.231 e. The van der Waals surface area contributed by atoms with Crippen LogP contribution in [0.2, 0.25) is 5.02 Å². The minimum atomic E-state index is 0.0895. The van der Waals surface area contributed by atoms with Crippen LogP contribution in [0.1, 0.15) is 28.8 Å². The third kappa shape index (κ3) is 4.94. The van der Waals surface area contributed by atoms with E-state index in [0.29, 0.717) is 23.1 Å². The number of carbonyl (C=O) groups is 1. The van der Waals surface area contributed by atoms with Gasteiger partial charge in [-0.15, -0.1) is 0 Å². The average molecular weight is 433 g/mol. The molecule has 2 aromatic rings. The van der Waals surface area contributed by atoms with E-state index in [0.717, 1.165) is 61.3 Å². The molecule has 0 aromatic heterocycles. The monoisotopic (exact) mass is 432 g/mol. The first-order valence-corrected chi connectivity index (χ1v) is 10.6. The summed E-state index contributed by atoms with van der Waals surface area (Å²) >= 11 is 5.91. The largest absolute Gasteiger partial charge is 0.454 e. The molecule has 0 saturated carbocycles. The number of likely N-dealkylation sites (tertiary alicyclic amines) is 1. The van der Waals surface area contributed by atoms with Gasteiger partial charge in [0.1, 0.15) is 0 Å². The van der Waals surface area contributed by atoms with Crippen LogP contribution in [-0.2, 0) is 6.54 Å². The molecule has 0 bridgehead atoms. The van der Waals surface area contributed by atoms with Gasteiger partial charge in [-0.3, -0.25) is 4.79 Å². The molecule has 2 aliphatic heterocycles. The van der Waals surface area contributed by atoms with E-state index in [2.05, 4.69) is 10.2 Å². The van der Waals surface area contributed by atoms with Crippen molar-refractivity contribution in [3.63, 3.8) is 0 Å². The van der Waals surface area contributed by atoms with Crippen LogP contribution in [0.5, 0.6) is 11.5 Å². The normalized spacial score (nSPS) is 16.7. The van der Waals surface area contributed by atoms with E-state index < -0.39 is 0 Å². The Morgan fingerprint density at radius 3 is 2.57 bits per heavy atom. The van der Waals surface area contributed by atoms with Crippen molar-refractivity contribution in [2.45, 2.75) is 19.4 Å². The van der Waals surface area contributed by atoms with Gasteiger partial charge in [-0.25, -0.2) is 5.21 Å². The highest BCUT2D eigenvalue weighted by atomic mass is 35.5. The lowest BCUT2D eigenvalue weighted by Gasteiger charge is -2.31. The van der Waals surface area contributed by atoms with Gasteiger partial charge >= 0.3 is 0 Å². The number of Topliss-reactive ketones (excluding diaryl/α,β-unsaturated/α-hetero) is 1. The second-order valence-corrected chi connectivity index (χ2v) is 8.13. The fraction of sp³-hybridized carbons (Fsp3) is 0.409. The van der Waals surface area contributed by atoms with Crippen LogP contribution >= 0.6 is 11.6 Å². The van der Waals surface area contributed by atoms with Gasteiger partial charge in [0.25, 0.3) is 0 Å². The number of piperidine rings is 1. The average Bonchev–Trinajstić information content (AvgIpc) is 3.24. The van der Waals surface area contributed by atoms with E-state index in [1.807, 2.05) is 18.2 Å². The quantitative estimate of drug-likeness (QED) is 0.257. The number of rotatable bonds is 8. The minimum absolute atomic E-state index is 0.0895. The predicted molar refractivity (Wildman–Crippen MR) is 113 cm³/mol. The molecular formula is C22H27ClN3O4+. The third-order valence-corrected chi connectivity index (χ3v) is 6.03. The Hall–Kier alpha value is -2.16. The van der Waals surface area contributed by atoms with Gasteiger partial charge in [-0.05, 0) is 56.3 Å². The van der Waals surface area contributed by atoms with Crippen molar-refractivity contribution in [3.8, 4) is 11.5 Å². The minimum Gasteiger partial charge on any atom is -0.454 e. The molecule has 0 atom stereocenters. The summed E-state index contributed by atoms with van der Waals surface area (Å²) < 4.78 is 10.8. The van der Waals surface area contributed by atoms with Crippen LogP contribution in [-0.4, -0.2) is 48.9 Å². The van der Waals surface area contributed by atoms with Crippen molar-refractivity contribution in [2.75, 3.05) is 33.0 Å². The van der Waals surface area contributed by atoms with Crippen LogP contribution in [0.25, 0.3) is 0 Å². The Kier molecular flexibility index (Phi) is 6.86. The predicted octanol–water partition coefficient (Wildman–Crippen LogP) is 2.34. The number of ether oxygens (including phenoxy) is 2. The van der Waals surface area contributed by atoms with Crippen molar-refractivity contribution in [3.05, 3.63) is 52.5 Å². The highest BCUT2D eigenvalue weighted by molar-refractivity contribution is 6.30. The number of nitrogens with zero attached hydrogens (tertiary/aromatic N) is 1. The van der Waals surface area contributed by atoms with Gasteiger partial charge in [0.2, 0.25) is 6.79 Å². The summed E-state index contributed by atoms with van der Waals surface area (Å²) in [4.78, 5) is 15.0. The second kappa shape index (κ2) is 9.76. The molecule has 4 N–H and O–H groups in total. The van der Waals surface area contributed by atoms with Gasteiger partial charge < -0.3 is 19.7 Å². The summed E-state index contributed by atoms with van der Waals surface area (Å²) in [5.41, 5.74) is 3.54. The Balaban J connectivity index is 1.20. The molecular weight excluding hydrogens is 406 g/mol. The Morgan fingerprint density at radius 2 is 1.87 bits per heavy atom. The molecule has 2 aliphatic rings. The maximum absolute atomic E-state index is 12.7. The fourth-order valence-corrected chi connectivity index (χ4v) is 4.13. The molecule has 2 aromatic carbocycles. The van der Waals surface area contributed by atoms with Crippen LogP contribution in [0.15, 0.2) is 36.4 Å². The SMILES string of the molecule is O=C(c1ccc(Cl)cc1)C1CCN(CCNCc2cc3c(cc2[NH2+]O)OCO3)CC1. The van der Waals surface area contributed by atoms with Crippen LogP contribution in [0.4, 0.5) is 5.69 Å². The van der Waals surface area contributed by atoms with Crippen LogP contribution in [0.3, 0.4) is 0 Å². The third-order valence-electron chi connectivity index (χ3n) is 5.78. The zero-order chi connectivity index (χ0) is 20.9. The molecule has 7 nitrogen and oxygen atoms in total. The molecule has 0 spiro atoms. The Bertz CT molecular complexity index is 883. The number of carbonyl (C=O) groups excluding carboxylic acids is 1. The van der Waals surface area contributed by atoms with Gasteiger partial charge in [0, 0.05) is 47.8 Å². The fourth-order valence-electron chi connectivity index (χ4n) is 4.00. The lowest BCUT2D eigenvalue weighted by atomic mass is 9.89. The first-order valence-electron chi connectivity index (χ1n) is 10.3. The molecule has 1 fully saturated rings. The van der Waals surface area contributed by atoms with Crippen molar-refractivity contribution in [1.29, 1.82) is 0 Å². The smallest absolute Gasteiger partial charge is 0.231 e. The molecule has 0 radical (unpaired) electrons. The molecule has 0 aliphatic carbocycles. The summed E-state index contributed by atoms with van der Waals surface area (Å²) in [6.45, 7) is 4.44. The number of halogens is 1. The zero-order valence-corrected chi connectivity index (χ0v) is 17.5. The van der Waals surface area contributed by atoms with E-state index in [1.165, 1.54) is 0 Å². The number of nitrogens with two attached hydrogens (primary N) is 1. The number of nitrogens with one attached hydrogen (secondary N) is 1. The summed E-state index contributed by atoms with van der Waals surface area (Å²) in [6.07, 6.45) is 1.76. The number of hydrogen-bond acceptors (Lipinski definition) is 6. The van der Waals surface area contributed by atoms with E-state index in [1.54, 1.807) is 18.2 Å². The standard InChI is InChI=1S/C22H26ClN3O4/c23-18-3-1-15(2-4-18)22(27)16-5-8-26(9-6-16)10-7-24-13-17-11-20-21(30-14-29-20)12-19(17)25-28/h1-4,11-12,16,24-25,28H,5-10,13-14H2/p+1. The molecule has 30 heavy (non-hydrogen) atoms. The number of quaternary nitrogens is 1. The summed E-state index contributed by atoms with van der Waals surface area (Å²) in [7, 11) is 0. The molecule has 0 unspecified atom stereocenters. The highest BCUT2D eigenvalue weighted by Gasteiger charge is 2.25. The molecule has 2 heterocycles.